The van der Waals surface area contributed by atoms with Gasteiger partial charge in [-0.3, -0.25) is 4.68 Å². The maximum Gasteiger partial charge on any atom is 0.101 e. The van der Waals surface area contributed by atoms with Gasteiger partial charge in [-0.15, -0.1) is 0 Å². The summed E-state index contributed by atoms with van der Waals surface area (Å²) in [6, 6.07) is 2.20. The van der Waals surface area contributed by atoms with Crippen LogP contribution in [0.15, 0.2) is 6.07 Å². The van der Waals surface area contributed by atoms with Crippen molar-refractivity contribution < 1.29 is 0 Å². The maximum atomic E-state index is 4.33. The van der Waals surface area contributed by atoms with E-state index < -0.39 is 8.07 Å². The third-order valence-electron chi connectivity index (χ3n) is 1.77. The summed E-state index contributed by atoms with van der Waals surface area (Å²) in [5.74, 6) is 0. The molecule has 11 heavy (non-hydrogen) atoms. The predicted octanol–water partition coefficient (Wildman–Crippen LogP) is 1.27. The van der Waals surface area contributed by atoms with Gasteiger partial charge in [0.05, 0.1) is 5.69 Å². The number of aromatic nitrogens is 2. The van der Waals surface area contributed by atoms with E-state index in [1.165, 1.54) is 5.32 Å². The van der Waals surface area contributed by atoms with Gasteiger partial charge in [-0.05, 0) is 13.0 Å². The highest BCUT2D eigenvalue weighted by molar-refractivity contribution is 6.88. The molecule has 0 radical (unpaired) electrons. The van der Waals surface area contributed by atoms with Crippen LogP contribution in [0.5, 0.6) is 0 Å². The molecule has 0 aliphatic rings. The highest BCUT2D eigenvalue weighted by Gasteiger charge is 2.20. The van der Waals surface area contributed by atoms with E-state index in [1.807, 2.05) is 18.7 Å². The molecule has 1 aromatic heterocycles. The fourth-order valence-corrected chi connectivity index (χ4v) is 2.98. The van der Waals surface area contributed by atoms with Crippen molar-refractivity contribution in [3.63, 3.8) is 0 Å². The van der Waals surface area contributed by atoms with Crippen LogP contribution in [0.4, 0.5) is 0 Å². The lowest BCUT2D eigenvalue weighted by molar-refractivity contribution is 0.773. The van der Waals surface area contributed by atoms with Crippen molar-refractivity contribution >= 4 is 13.4 Å². The molecule has 0 saturated heterocycles. The second-order valence-corrected chi connectivity index (χ2v) is 9.06. The summed E-state index contributed by atoms with van der Waals surface area (Å²) in [6.07, 6.45) is 0. The predicted molar refractivity (Wildman–Crippen MR) is 50.9 cm³/mol. The van der Waals surface area contributed by atoms with Crippen LogP contribution in [0.3, 0.4) is 0 Å². The molecule has 1 heterocycles. The summed E-state index contributed by atoms with van der Waals surface area (Å²) in [7, 11) is 0.872. The number of hydrogen-bond acceptors (Lipinski definition) is 1. The summed E-state index contributed by atoms with van der Waals surface area (Å²) >= 11 is 0. The van der Waals surface area contributed by atoms with Crippen LogP contribution in [-0.2, 0) is 7.05 Å². The Kier molecular flexibility index (Phi) is 1.92. The van der Waals surface area contributed by atoms with Gasteiger partial charge in [-0.25, -0.2) is 0 Å². The first kappa shape index (κ1) is 8.52. The largest absolute Gasteiger partial charge is 0.277 e. The number of nitrogens with zero attached hydrogens (tertiary/aromatic N) is 2. The van der Waals surface area contributed by atoms with Crippen LogP contribution < -0.4 is 5.32 Å². The molecule has 0 aliphatic carbocycles. The summed E-state index contributed by atoms with van der Waals surface area (Å²) in [4.78, 5) is 0. The number of aryl methyl sites for hydroxylation is 2. The van der Waals surface area contributed by atoms with Gasteiger partial charge in [0.1, 0.15) is 8.07 Å². The average molecular weight is 168 g/mol. The smallest absolute Gasteiger partial charge is 0.101 e. The van der Waals surface area contributed by atoms with Crippen LogP contribution in [-0.4, -0.2) is 17.9 Å². The van der Waals surface area contributed by atoms with Crippen molar-refractivity contribution in [2.24, 2.45) is 7.05 Å². The first-order chi connectivity index (χ1) is 4.91. The summed E-state index contributed by atoms with van der Waals surface area (Å²) in [5.41, 5.74) is 1.13. The van der Waals surface area contributed by atoms with Crippen LogP contribution in [0, 0.1) is 6.92 Å². The van der Waals surface area contributed by atoms with Gasteiger partial charge in [-0.1, -0.05) is 19.6 Å². The topological polar surface area (TPSA) is 17.8 Å². The van der Waals surface area contributed by atoms with Gasteiger partial charge in [0.25, 0.3) is 0 Å². The summed E-state index contributed by atoms with van der Waals surface area (Å²) in [5, 5.41) is 5.75. The van der Waals surface area contributed by atoms with E-state index in [9.17, 15) is 0 Å². The van der Waals surface area contributed by atoms with E-state index in [4.69, 9.17) is 0 Å². The Balaban J connectivity index is 3.13. The Labute approximate surface area is 69.2 Å². The molecule has 0 aliphatic heterocycles. The van der Waals surface area contributed by atoms with Crippen LogP contribution in [0.1, 0.15) is 5.69 Å². The monoisotopic (exact) mass is 168 g/mol. The zero-order valence-electron chi connectivity index (χ0n) is 7.97. The lowest BCUT2D eigenvalue weighted by atomic mass is 10.5. The van der Waals surface area contributed by atoms with Gasteiger partial charge >= 0.3 is 0 Å². The van der Waals surface area contributed by atoms with E-state index in [0.717, 1.165) is 5.69 Å². The molecule has 2 nitrogen and oxygen atoms in total. The fourth-order valence-electron chi connectivity index (χ4n) is 1.31. The molecular formula is C8H16N2Si. The summed E-state index contributed by atoms with van der Waals surface area (Å²) in [6.45, 7) is 9.06. The van der Waals surface area contributed by atoms with E-state index >= 15 is 0 Å². The molecule has 0 amide bonds. The Morgan fingerprint density at radius 2 is 1.91 bits per heavy atom. The van der Waals surface area contributed by atoms with Gasteiger partial charge in [0.15, 0.2) is 0 Å². The molecule has 0 atom stereocenters. The van der Waals surface area contributed by atoms with Gasteiger partial charge in [0, 0.05) is 12.4 Å². The highest BCUT2D eigenvalue weighted by atomic mass is 28.3. The zero-order chi connectivity index (χ0) is 8.65. The standard InChI is InChI=1S/C8H16N2Si/c1-7-6-8(10(2)9-7)11(3,4)5/h6H,1-5H3. The van der Waals surface area contributed by atoms with Crippen LogP contribution in [0.2, 0.25) is 19.6 Å². The van der Waals surface area contributed by atoms with Gasteiger partial charge < -0.3 is 0 Å². The Morgan fingerprint density at radius 3 is 2.09 bits per heavy atom. The molecule has 0 fully saturated rings. The third-order valence-corrected chi connectivity index (χ3v) is 3.78. The van der Waals surface area contributed by atoms with E-state index in [1.54, 1.807) is 0 Å². The molecule has 3 heteroatoms. The first-order valence-corrected chi connectivity index (χ1v) is 7.42. The van der Waals surface area contributed by atoms with Crippen molar-refractivity contribution in [3.8, 4) is 0 Å². The summed E-state index contributed by atoms with van der Waals surface area (Å²) < 4.78 is 2.02. The lowest BCUT2D eigenvalue weighted by Gasteiger charge is -2.15. The highest BCUT2D eigenvalue weighted by Crippen LogP contribution is 2.02. The Bertz CT molecular complexity index is 258. The maximum absolute atomic E-state index is 4.33. The number of hydrogen-bond donors (Lipinski definition) is 0. The molecular weight excluding hydrogens is 152 g/mol. The fraction of sp³-hybridized carbons (Fsp3) is 0.625. The SMILES string of the molecule is Cc1cc([Si](C)(C)C)n(C)n1. The molecule has 0 unspecified atom stereocenters. The minimum Gasteiger partial charge on any atom is -0.277 e. The molecule has 62 valence electrons. The van der Waals surface area contributed by atoms with Crippen LogP contribution >= 0.6 is 0 Å². The van der Waals surface area contributed by atoms with Gasteiger partial charge in [-0.2, -0.15) is 5.10 Å². The minimum atomic E-state index is -1.16. The second kappa shape index (κ2) is 2.48. The Hall–Kier alpha value is -0.573. The first-order valence-electron chi connectivity index (χ1n) is 3.92. The van der Waals surface area contributed by atoms with Crippen molar-refractivity contribution in [1.29, 1.82) is 0 Å². The van der Waals surface area contributed by atoms with Gasteiger partial charge in [0.2, 0.25) is 0 Å². The van der Waals surface area contributed by atoms with E-state index in [-0.39, 0.29) is 0 Å². The molecule has 0 bridgehead atoms. The zero-order valence-corrected chi connectivity index (χ0v) is 8.97. The number of rotatable bonds is 1. The lowest BCUT2D eigenvalue weighted by Crippen LogP contribution is -2.42. The third kappa shape index (κ3) is 1.71. The van der Waals surface area contributed by atoms with E-state index in [2.05, 4.69) is 30.8 Å². The Morgan fingerprint density at radius 1 is 1.36 bits per heavy atom. The quantitative estimate of drug-likeness (QED) is 0.578. The molecule has 1 rings (SSSR count). The molecule has 1 aromatic rings. The van der Waals surface area contributed by atoms with E-state index in [0.29, 0.717) is 0 Å². The normalized spacial score (nSPS) is 12.1. The molecule has 0 aromatic carbocycles. The van der Waals surface area contributed by atoms with Crippen LogP contribution in [0.25, 0.3) is 0 Å². The minimum absolute atomic E-state index is 1.13. The van der Waals surface area contributed by atoms with Crippen molar-refractivity contribution in [2.75, 3.05) is 0 Å². The molecule has 0 N–H and O–H groups in total. The van der Waals surface area contributed by atoms with Crippen molar-refractivity contribution in [1.82, 2.24) is 9.78 Å². The second-order valence-electron chi connectivity index (χ2n) is 4.04. The molecule has 0 spiro atoms. The van der Waals surface area contributed by atoms with Crippen molar-refractivity contribution in [3.05, 3.63) is 11.8 Å². The van der Waals surface area contributed by atoms with Crippen molar-refractivity contribution in [2.45, 2.75) is 26.6 Å². The molecule has 0 saturated carbocycles. The average Bonchev–Trinajstić information content (AvgIpc) is 2.08.